The second kappa shape index (κ2) is 7.43. The van der Waals surface area contributed by atoms with E-state index in [9.17, 15) is 4.79 Å². The zero-order valence-electron chi connectivity index (χ0n) is 16.2. The van der Waals surface area contributed by atoms with Crippen LogP contribution in [0.5, 0.6) is 0 Å². The molecular formula is C21H29N5O. The third-order valence-corrected chi connectivity index (χ3v) is 6.29. The summed E-state index contributed by atoms with van der Waals surface area (Å²) < 4.78 is 1.84. The van der Waals surface area contributed by atoms with Crippen molar-refractivity contribution in [3.05, 3.63) is 41.3 Å². The van der Waals surface area contributed by atoms with Gasteiger partial charge in [-0.1, -0.05) is 12.5 Å². The molecule has 2 aromatic heterocycles. The van der Waals surface area contributed by atoms with Crippen LogP contribution in [0.15, 0.2) is 24.4 Å². The summed E-state index contributed by atoms with van der Waals surface area (Å²) in [5, 5.41) is 7.56. The fraction of sp³-hybridized carbons (Fsp3) is 0.571. The van der Waals surface area contributed by atoms with Gasteiger partial charge in [0.05, 0.1) is 5.69 Å². The second-order valence-electron chi connectivity index (χ2n) is 8.28. The molecule has 1 amide bonds. The molecule has 2 atom stereocenters. The van der Waals surface area contributed by atoms with E-state index in [1.54, 1.807) is 0 Å². The van der Waals surface area contributed by atoms with Gasteiger partial charge in [-0.2, -0.15) is 5.10 Å². The number of amides is 1. The Morgan fingerprint density at radius 1 is 1.26 bits per heavy atom. The number of aryl methyl sites for hydroxylation is 2. The lowest BCUT2D eigenvalue weighted by Gasteiger charge is -2.43. The van der Waals surface area contributed by atoms with Crippen LogP contribution in [0.4, 0.5) is 0 Å². The minimum absolute atomic E-state index is 0.113. The number of fused-ring (bicyclic) bond motifs is 2. The Morgan fingerprint density at radius 3 is 2.59 bits per heavy atom. The van der Waals surface area contributed by atoms with Crippen LogP contribution in [0.25, 0.3) is 5.82 Å². The normalized spacial score (nSPS) is 27.4. The molecule has 6 nitrogen and oxygen atoms in total. The number of nitrogens with zero attached hydrogens (tertiary/aromatic N) is 3. The molecule has 2 fully saturated rings. The summed E-state index contributed by atoms with van der Waals surface area (Å²) in [6.07, 6.45) is 7.33. The highest BCUT2D eigenvalue weighted by molar-refractivity contribution is 5.78. The molecule has 0 radical (unpaired) electrons. The lowest BCUT2D eigenvalue weighted by atomic mass is 9.65. The summed E-state index contributed by atoms with van der Waals surface area (Å²) in [7, 11) is 0. The first kappa shape index (κ1) is 18.2. The zero-order chi connectivity index (χ0) is 19.0. The van der Waals surface area contributed by atoms with Crippen molar-refractivity contribution in [2.45, 2.75) is 58.5 Å². The number of hydrogen-bond donors (Lipinski definition) is 2. The number of pyridine rings is 1. The van der Waals surface area contributed by atoms with E-state index in [-0.39, 0.29) is 11.8 Å². The van der Waals surface area contributed by atoms with Gasteiger partial charge in [-0.25, -0.2) is 9.67 Å². The van der Waals surface area contributed by atoms with Crippen molar-refractivity contribution in [3.63, 3.8) is 0 Å². The van der Waals surface area contributed by atoms with Gasteiger partial charge >= 0.3 is 0 Å². The molecule has 0 saturated heterocycles. The van der Waals surface area contributed by atoms with Crippen LogP contribution in [-0.4, -0.2) is 26.7 Å². The van der Waals surface area contributed by atoms with E-state index >= 15 is 0 Å². The summed E-state index contributed by atoms with van der Waals surface area (Å²) >= 11 is 0. The van der Waals surface area contributed by atoms with Crippen LogP contribution in [0, 0.1) is 31.6 Å². The highest BCUT2D eigenvalue weighted by Crippen LogP contribution is 2.41. The quantitative estimate of drug-likeness (QED) is 0.870. The van der Waals surface area contributed by atoms with Gasteiger partial charge in [0.2, 0.25) is 5.91 Å². The average Bonchev–Trinajstić information content (AvgIpc) is 2.98. The highest BCUT2D eigenvalue weighted by Gasteiger charge is 2.40. The predicted octanol–water partition coefficient (Wildman–Crippen LogP) is 2.65. The first-order valence-electron chi connectivity index (χ1n) is 10.0. The van der Waals surface area contributed by atoms with Gasteiger partial charge < -0.3 is 11.1 Å². The van der Waals surface area contributed by atoms with Crippen molar-refractivity contribution in [1.29, 1.82) is 0 Å². The van der Waals surface area contributed by atoms with Gasteiger partial charge in [0.15, 0.2) is 5.82 Å². The fourth-order valence-electron chi connectivity index (χ4n) is 4.84. The van der Waals surface area contributed by atoms with E-state index in [4.69, 9.17) is 5.73 Å². The van der Waals surface area contributed by atoms with Gasteiger partial charge in [0.25, 0.3) is 0 Å². The van der Waals surface area contributed by atoms with E-state index in [0.29, 0.717) is 24.4 Å². The molecule has 0 spiro atoms. The number of nitrogens with two attached hydrogens (primary N) is 1. The number of rotatable bonds is 4. The molecule has 2 bridgehead atoms. The molecule has 0 aliphatic heterocycles. The van der Waals surface area contributed by atoms with Crippen LogP contribution < -0.4 is 11.1 Å². The average molecular weight is 367 g/mol. The number of nitrogens with one attached hydrogen (secondary N) is 1. The van der Waals surface area contributed by atoms with Gasteiger partial charge in [-0.15, -0.1) is 0 Å². The summed E-state index contributed by atoms with van der Waals surface area (Å²) in [6, 6.07) is 6.28. The third kappa shape index (κ3) is 3.76. The molecule has 0 aromatic carbocycles. The Bertz CT molecular complexity index is 798. The Kier molecular flexibility index (Phi) is 5.00. The molecule has 2 heterocycles. The van der Waals surface area contributed by atoms with E-state index in [1.165, 1.54) is 19.3 Å². The first-order valence-corrected chi connectivity index (χ1v) is 10.0. The monoisotopic (exact) mass is 367 g/mol. The largest absolute Gasteiger partial charge is 0.352 e. The molecule has 2 unspecified atom stereocenters. The summed E-state index contributed by atoms with van der Waals surface area (Å²) in [5.41, 5.74) is 9.37. The maximum Gasteiger partial charge on any atom is 0.223 e. The molecule has 2 saturated carbocycles. The summed E-state index contributed by atoms with van der Waals surface area (Å²) in [6.45, 7) is 4.50. The number of hydrogen-bond acceptors (Lipinski definition) is 4. The standard InChI is InChI=1S/C21H29N5O/c1-13-8-14(2)26(25-13)19-7-6-15(11-23-19)12-24-21(27)18-9-16-4-3-5-17(10-18)20(16)22/h6-8,11,16-18,20H,3-5,9-10,12,22H2,1-2H3,(H,24,27). The molecule has 3 N–H and O–H groups in total. The molecule has 4 rings (SSSR count). The van der Waals surface area contributed by atoms with Gasteiger partial charge in [0, 0.05) is 30.4 Å². The molecule has 6 heteroatoms. The maximum atomic E-state index is 12.7. The minimum atomic E-state index is 0.113. The molecule has 144 valence electrons. The van der Waals surface area contributed by atoms with Crippen LogP contribution in [0.2, 0.25) is 0 Å². The van der Waals surface area contributed by atoms with Crippen molar-refractivity contribution in [2.75, 3.05) is 0 Å². The fourth-order valence-corrected chi connectivity index (χ4v) is 4.84. The number of carbonyl (C=O) groups excluding carboxylic acids is 1. The van der Waals surface area contributed by atoms with Crippen LogP contribution in [0.3, 0.4) is 0 Å². The minimum Gasteiger partial charge on any atom is -0.352 e. The van der Waals surface area contributed by atoms with E-state index < -0.39 is 0 Å². The number of aromatic nitrogens is 3. The zero-order valence-corrected chi connectivity index (χ0v) is 16.2. The Balaban J connectivity index is 1.35. The van der Waals surface area contributed by atoms with Crippen molar-refractivity contribution < 1.29 is 4.79 Å². The molecule has 2 aliphatic carbocycles. The lowest BCUT2D eigenvalue weighted by Crippen LogP contribution is -2.49. The Hall–Kier alpha value is -2.21. The Labute approximate surface area is 160 Å². The van der Waals surface area contributed by atoms with Gasteiger partial charge in [-0.3, -0.25) is 4.79 Å². The lowest BCUT2D eigenvalue weighted by molar-refractivity contribution is -0.128. The van der Waals surface area contributed by atoms with Gasteiger partial charge in [-0.05, 0) is 69.1 Å². The second-order valence-corrected chi connectivity index (χ2v) is 8.28. The van der Waals surface area contributed by atoms with Gasteiger partial charge in [0.1, 0.15) is 0 Å². The maximum absolute atomic E-state index is 12.7. The van der Waals surface area contributed by atoms with Crippen molar-refractivity contribution in [3.8, 4) is 5.82 Å². The SMILES string of the molecule is Cc1cc(C)n(-c2ccc(CNC(=O)C3CC4CCCC(C3)C4N)cn2)n1. The van der Waals surface area contributed by atoms with Crippen LogP contribution >= 0.6 is 0 Å². The van der Waals surface area contributed by atoms with Crippen molar-refractivity contribution in [1.82, 2.24) is 20.1 Å². The summed E-state index contributed by atoms with van der Waals surface area (Å²) in [4.78, 5) is 17.2. The topological polar surface area (TPSA) is 85.8 Å². The Morgan fingerprint density at radius 2 is 2.00 bits per heavy atom. The third-order valence-electron chi connectivity index (χ3n) is 6.29. The molecule has 2 aromatic rings. The van der Waals surface area contributed by atoms with E-state index in [0.717, 1.165) is 35.6 Å². The highest BCUT2D eigenvalue weighted by atomic mass is 16.1. The molecule has 2 aliphatic rings. The first-order chi connectivity index (χ1) is 13.0. The predicted molar refractivity (Wildman–Crippen MR) is 104 cm³/mol. The molecular weight excluding hydrogens is 338 g/mol. The summed E-state index contributed by atoms with van der Waals surface area (Å²) in [5.74, 6) is 2.12. The van der Waals surface area contributed by atoms with E-state index in [2.05, 4.69) is 15.4 Å². The smallest absolute Gasteiger partial charge is 0.223 e. The van der Waals surface area contributed by atoms with Crippen LogP contribution in [-0.2, 0) is 11.3 Å². The van der Waals surface area contributed by atoms with Crippen molar-refractivity contribution >= 4 is 5.91 Å². The van der Waals surface area contributed by atoms with Crippen LogP contribution in [0.1, 0.15) is 49.1 Å². The number of carbonyl (C=O) groups is 1. The molecule has 27 heavy (non-hydrogen) atoms. The van der Waals surface area contributed by atoms with E-state index in [1.807, 2.05) is 42.9 Å². The van der Waals surface area contributed by atoms with Crippen molar-refractivity contribution in [2.24, 2.45) is 23.5 Å².